The van der Waals surface area contributed by atoms with Crippen molar-refractivity contribution in [2.45, 2.75) is 31.1 Å². The van der Waals surface area contributed by atoms with Gasteiger partial charge in [-0.15, -0.1) is 0 Å². The van der Waals surface area contributed by atoms with E-state index in [1.807, 2.05) is 4.90 Å². The Hall–Kier alpha value is -0.640. The highest BCUT2D eigenvalue weighted by molar-refractivity contribution is 5.83. The highest BCUT2D eigenvalue weighted by Gasteiger charge is 2.52. The van der Waals surface area contributed by atoms with Gasteiger partial charge in [0, 0.05) is 25.2 Å². The van der Waals surface area contributed by atoms with E-state index < -0.39 is 6.17 Å². The van der Waals surface area contributed by atoms with E-state index in [1.54, 1.807) is 0 Å². The van der Waals surface area contributed by atoms with Crippen LogP contribution in [0.25, 0.3) is 0 Å². The topological polar surface area (TPSA) is 32.3 Å². The van der Waals surface area contributed by atoms with E-state index in [2.05, 4.69) is 5.32 Å². The number of carbonyl (C=O) groups is 1. The molecule has 1 saturated carbocycles. The summed E-state index contributed by atoms with van der Waals surface area (Å²) in [6.07, 6.45) is 0.728. The van der Waals surface area contributed by atoms with Gasteiger partial charge in [-0.05, 0) is 12.8 Å². The lowest BCUT2D eigenvalue weighted by molar-refractivity contribution is -0.149. The van der Waals surface area contributed by atoms with Gasteiger partial charge in [0.15, 0.2) is 0 Å². The fourth-order valence-corrected chi connectivity index (χ4v) is 2.45. The van der Waals surface area contributed by atoms with E-state index in [4.69, 9.17) is 0 Å². The molecule has 4 unspecified atom stereocenters. The minimum atomic E-state index is -0.846. The number of carbonyl (C=O) groups excluding carboxylic acids is 1. The predicted molar refractivity (Wildman–Crippen MR) is 44.9 cm³/mol. The normalized spacial score (nSPS) is 47.0. The van der Waals surface area contributed by atoms with Crippen LogP contribution < -0.4 is 5.32 Å². The standard InChI is InChI=1S/C9H13FN2O/c10-8-2-7(8)9(13)12-5-1-6(12)4-11-3-5/h5-8,11H,1-4H2. The highest BCUT2D eigenvalue weighted by Crippen LogP contribution is 2.40. The number of nitrogens with zero attached hydrogens (tertiary/aromatic N) is 1. The van der Waals surface area contributed by atoms with Gasteiger partial charge in [0.25, 0.3) is 0 Å². The van der Waals surface area contributed by atoms with Crippen molar-refractivity contribution in [2.75, 3.05) is 13.1 Å². The second kappa shape index (κ2) is 2.44. The molecule has 1 aliphatic carbocycles. The van der Waals surface area contributed by atoms with Crippen LogP contribution >= 0.6 is 0 Å². The lowest BCUT2D eigenvalue weighted by atomic mass is 9.88. The average Bonchev–Trinajstić information content (AvgIpc) is 2.84. The summed E-state index contributed by atoms with van der Waals surface area (Å²) in [5.41, 5.74) is 0. The monoisotopic (exact) mass is 184 g/mol. The largest absolute Gasteiger partial charge is 0.334 e. The SMILES string of the molecule is O=C(C1CC1F)N1C2CNCC1C2. The van der Waals surface area contributed by atoms with Crippen LogP contribution in [0.2, 0.25) is 0 Å². The van der Waals surface area contributed by atoms with E-state index in [-0.39, 0.29) is 11.8 Å². The molecule has 0 aromatic carbocycles. The van der Waals surface area contributed by atoms with Crippen molar-refractivity contribution in [1.29, 1.82) is 0 Å². The number of piperidine rings is 1. The van der Waals surface area contributed by atoms with Gasteiger partial charge in [0.2, 0.25) is 5.91 Å². The summed E-state index contributed by atoms with van der Waals surface area (Å²) in [4.78, 5) is 13.6. The maximum atomic E-state index is 12.7. The molecule has 3 aliphatic rings. The Balaban J connectivity index is 1.69. The van der Waals surface area contributed by atoms with Crippen molar-refractivity contribution in [3.8, 4) is 0 Å². The van der Waals surface area contributed by atoms with Crippen LogP contribution in [0.4, 0.5) is 4.39 Å². The second-order valence-corrected chi connectivity index (χ2v) is 4.31. The van der Waals surface area contributed by atoms with E-state index in [0.717, 1.165) is 19.5 Å². The van der Waals surface area contributed by atoms with Crippen LogP contribution in [0.5, 0.6) is 0 Å². The third kappa shape index (κ3) is 1.01. The van der Waals surface area contributed by atoms with Gasteiger partial charge < -0.3 is 10.2 Å². The van der Waals surface area contributed by atoms with Crippen LogP contribution in [0.1, 0.15) is 12.8 Å². The fourth-order valence-electron chi connectivity index (χ4n) is 2.45. The molecule has 3 fully saturated rings. The van der Waals surface area contributed by atoms with Gasteiger partial charge in [0.05, 0.1) is 5.92 Å². The first-order valence-electron chi connectivity index (χ1n) is 4.94. The van der Waals surface area contributed by atoms with Gasteiger partial charge in [-0.1, -0.05) is 0 Å². The first-order chi connectivity index (χ1) is 6.27. The molecule has 1 N–H and O–H groups in total. The molecule has 3 rings (SSSR count). The number of alkyl halides is 1. The van der Waals surface area contributed by atoms with E-state index >= 15 is 0 Å². The summed E-state index contributed by atoms with van der Waals surface area (Å²) in [6, 6.07) is 0.720. The molecule has 2 saturated heterocycles. The van der Waals surface area contributed by atoms with Crippen molar-refractivity contribution >= 4 is 5.91 Å². The number of hydrogen-bond donors (Lipinski definition) is 1. The highest BCUT2D eigenvalue weighted by atomic mass is 19.1. The maximum absolute atomic E-state index is 12.7. The number of fused-ring (bicyclic) bond motifs is 2. The van der Waals surface area contributed by atoms with Crippen LogP contribution in [0, 0.1) is 5.92 Å². The maximum Gasteiger partial charge on any atom is 0.229 e. The smallest absolute Gasteiger partial charge is 0.229 e. The van der Waals surface area contributed by atoms with Crippen LogP contribution in [0.3, 0.4) is 0 Å². The van der Waals surface area contributed by atoms with Gasteiger partial charge in [0.1, 0.15) is 6.17 Å². The van der Waals surface area contributed by atoms with Crippen LogP contribution in [0.15, 0.2) is 0 Å². The third-order valence-corrected chi connectivity index (χ3v) is 3.38. The molecule has 0 aromatic heterocycles. The number of amides is 1. The van der Waals surface area contributed by atoms with Crippen molar-refractivity contribution in [1.82, 2.24) is 10.2 Å². The van der Waals surface area contributed by atoms with E-state index in [1.165, 1.54) is 0 Å². The van der Waals surface area contributed by atoms with E-state index in [9.17, 15) is 9.18 Å². The van der Waals surface area contributed by atoms with Gasteiger partial charge in [-0.2, -0.15) is 0 Å². The Bertz CT molecular complexity index is 244. The zero-order valence-corrected chi connectivity index (χ0v) is 7.37. The molecule has 2 bridgehead atoms. The minimum absolute atomic E-state index is 0.0650. The lowest BCUT2D eigenvalue weighted by Crippen LogP contribution is -2.69. The average molecular weight is 184 g/mol. The molecule has 0 radical (unpaired) electrons. The number of nitrogens with one attached hydrogen (secondary N) is 1. The number of hydrogen-bond acceptors (Lipinski definition) is 2. The summed E-state index contributed by atoms with van der Waals surface area (Å²) in [6.45, 7) is 1.79. The summed E-state index contributed by atoms with van der Waals surface area (Å²) in [7, 11) is 0. The van der Waals surface area contributed by atoms with Crippen molar-refractivity contribution in [2.24, 2.45) is 5.92 Å². The van der Waals surface area contributed by atoms with Gasteiger partial charge in [-0.25, -0.2) is 4.39 Å². The second-order valence-electron chi connectivity index (χ2n) is 4.31. The fraction of sp³-hybridized carbons (Fsp3) is 0.889. The summed E-state index contributed by atoms with van der Waals surface area (Å²) >= 11 is 0. The molecular weight excluding hydrogens is 171 g/mol. The summed E-state index contributed by atoms with van der Waals surface area (Å²) in [5, 5.41) is 3.25. The molecule has 2 heterocycles. The Morgan fingerprint density at radius 3 is 2.38 bits per heavy atom. The van der Waals surface area contributed by atoms with Gasteiger partial charge >= 0.3 is 0 Å². The van der Waals surface area contributed by atoms with E-state index in [0.29, 0.717) is 18.5 Å². The molecule has 0 aromatic rings. The molecule has 72 valence electrons. The zero-order chi connectivity index (χ0) is 9.00. The molecule has 4 heteroatoms. The summed E-state index contributed by atoms with van der Waals surface area (Å²) in [5.74, 6) is -0.223. The Labute approximate surface area is 76.3 Å². The van der Waals surface area contributed by atoms with Crippen LogP contribution in [-0.4, -0.2) is 42.2 Å². The number of halogens is 1. The van der Waals surface area contributed by atoms with Crippen molar-refractivity contribution in [3.05, 3.63) is 0 Å². The first-order valence-corrected chi connectivity index (χ1v) is 4.94. The summed E-state index contributed by atoms with van der Waals surface area (Å²) < 4.78 is 12.7. The molecule has 2 aliphatic heterocycles. The zero-order valence-electron chi connectivity index (χ0n) is 7.37. The van der Waals surface area contributed by atoms with Gasteiger partial charge in [-0.3, -0.25) is 4.79 Å². The lowest BCUT2D eigenvalue weighted by Gasteiger charge is -2.53. The quantitative estimate of drug-likeness (QED) is 0.618. The first kappa shape index (κ1) is 7.74. The Morgan fingerprint density at radius 2 is 1.92 bits per heavy atom. The third-order valence-electron chi connectivity index (χ3n) is 3.38. The molecule has 0 spiro atoms. The van der Waals surface area contributed by atoms with Crippen molar-refractivity contribution < 1.29 is 9.18 Å². The molecule has 3 nitrogen and oxygen atoms in total. The molecule has 13 heavy (non-hydrogen) atoms. The Kier molecular flexibility index (Phi) is 1.45. The van der Waals surface area contributed by atoms with Crippen molar-refractivity contribution in [3.63, 3.8) is 0 Å². The molecule has 1 amide bonds. The molecular formula is C9H13FN2O. The number of rotatable bonds is 1. The minimum Gasteiger partial charge on any atom is -0.334 e. The molecule has 4 atom stereocenters. The van der Waals surface area contributed by atoms with Crippen LogP contribution in [-0.2, 0) is 4.79 Å². The predicted octanol–water partition coefficient (Wildman–Crippen LogP) is -0.0829. The Morgan fingerprint density at radius 1 is 1.31 bits per heavy atom. The number of piperazine rings is 1.